The molecule has 0 amide bonds. The van der Waals surface area contributed by atoms with Crippen molar-refractivity contribution in [3.8, 4) is 0 Å². The molecule has 1 aliphatic heterocycles. The van der Waals surface area contributed by atoms with Crippen LogP contribution in [0.15, 0.2) is 12.4 Å². The Hall–Kier alpha value is -0.540. The van der Waals surface area contributed by atoms with Crippen molar-refractivity contribution in [1.29, 1.82) is 0 Å². The second-order valence-electron chi connectivity index (χ2n) is 5.34. The second kappa shape index (κ2) is 6.58. The van der Waals surface area contributed by atoms with E-state index in [4.69, 9.17) is 11.6 Å². The molecule has 0 radical (unpaired) electrons. The SMILES string of the molecule is CCn1cc(CN2CCCCC2CC(C)Cl)cn1. The number of halogens is 1. The highest BCUT2D eigenvalue weighted by Gasteiger charge is 2.23. The van der Waals surface area contributed by atoms with Gasteiger partial charge in [-0.1, -0.05) is 6.42 Å². The maximum atomic E-state index is 6.16. The molecule has 0 spiro atoms. The molecule has 1 fully saturated rings. The van der Waals surface area contributed by atoms with E-state index in [0.29, 0.717) is 6.04 Å². The van der Waals surface area contributed by atoms with E-state index in [1.54, 1.807) is 0 Å². The Morgan fingerprint density at radius 3 is 3.00 bits per heavy atom. The van der Waals surface area contributed by atoms with E-state index in [1.165, 1.54) is 31.4 Å². The number of piperidine rings is 1. The molecule has 4 heteroatoms. The number of alkyl halides is 1. The summed E-state index contributed by atoms with van der Waals surface area (Å²) in [5.74, 6) is 0. The number of likely N-dealkylation sites (tertiary alicyclic amines) is 1. The van der Waals surface area contributed by atoms with E-state index < -0.39 is 0 Å². The topological polar surface area (TPSA) is 21.1 Å². The van der Waals surface area contributed by atoms with E-state index in [0.717, 1.165) is 19.5 Å². The van der Waals surface area contributed by atoms with Crippen LogP contribution < -0.4 is 0 Å². The lowest BCUT2D eigenvalue weighted by molar-refractivity contribution is 0.132. The Bertz CT molecular complexity index is 362. The van der Waals surface area contributed by atoms with Gasteiger partial charge < -0.3 is 0 Å². The average molecular weight is 270 g/mol. The van der Waals surface area contributed by atoms with Gasteiger partial charge in [-0.05, 0) is 39.7 Å². The number of nitrogens with zero attached hydrogens (tertiary/aromatic N) is 3. The summed E-state index contributed by atoms with van der Waals surface area (Å²) in [7, 11) is 0. The summed E-state index contributed by atoms with van der Waals surface area (Å²) in [6.45, 7) is 7.39. The third-order valence-electron chi connectivity index (χ3n) is 3.74. The molecule has 0 aliphatic carbocycles. The summed E-state index contributed by atoms with van der Waals surface area (Å²) < 4.78 is 2.00. The van der Waals surface area contributed by atoms with Gasteiger partial charge in [-0.25, -0.2) is 0 Å². The van der Waals surface area contributed by atoms with Crippen LogP contribution in [0.1, 0.15) is 45.1 Å². The van der Waals surface area contributed by atoms with Gasteiger partial charge in [-0.15, -0.1) is 11.6 Å². The Morgan fingerprint density at radius 1 is 1.50 bits per heavy atom. The lowest BCUT2D eigenvalue weighted by Gasteiger charge is -2.36. The van der Waals surface area contributed by atoms with Crippen molar-refractivity contribution in [1.82, 2.24) is 14.7 Å². The molecule has 2 rings (SSSR count). The van der Waals surface area contributed by atoms with Gasteiger partial charge in [-0.3, -0.25) is 9.58 Å². The molecule has 1 saturated heterocycles. The standard InChI is InChI=1S/C14H24ClN3/c1-3-18-11-13(9-16-18)10-17-7-5-4-6-14(17)8-12(2)15/h9,11-12,14H,3-8,10H2,1-2H3. The fraction of sp³-hybridized carbons (Fsp3) is 0.786. The van der Waals surface area contributed by atoms with Gasteiger partial charge >= 0.3 is 0 Å². The molecule has 1 aromatic rings. The molecule has 102 valence electrons. The quantitative estimate of drug-likeness (QED) is 0.765. The summed E-state index contributed by atoms with van der Waals surface area (Å²) in [5.41, 5.74) is 1.32. The number of aromatic nitrogens is 2. The van der Waals surface area contributed by atoms with Gasteiger partial charge in [0, 0.05) is 36.3 Å². The Kier molecular flexibility index (Phi) is 5.07. The molecule has 0 saturated carbocycles. The molecule has 3 nitrogen and oxygen atoms in total. The highest BCUT2D eigenvalue weighted by molar-refractivity contribution is 6.20. The number of hydrogen-bond acceptors (Lipinski definition) is 2. The number of hydrogen-bond donors (Lipinski definition) is 0. The molecule has 1 aliphatic rings. The van der Waals surface area contributed by atoms with Crippen LogP contribution in [0.5, 0.6) is 0 Å². The van der Waals surface area contributed by atoms with Gasteiger partial charge in [0.2, 0.25) is 0 Å². The molecule has 0 aromatic carbocycles. The van der Waals surface area contributed by atoms with Gasteiger partial charge in [0.05, 0.1) is 6.20 Å². The van der Waals surface area contributed by atoms with Crippen molar-refractivity contribution in [2.75, 3.05) is 6.54 Å². The van der Waals surface area contributed by atoms with Crippen LogP contribution >= 0.6 is 11.6 Å². The first-order chi connectivity index (χ1) is 8.69. The first-order valence-electron chi connectivity index (χ1n) is 7.08. The van der Waals surface area contributed by atoms with Gasteiger partial charge in [0.15, 0.2) is 0 Å². The van der Waals surface area contributed by atoms with Crippen molar-refractivity contribution in [2.24, 2.45) is 0 Å². The van der Waals surface area contributed by atoms with Crippen molar-refractivity contribution >= 4 is 11.6 Å². The predicted molar refractivity (Wildman–Crippen MR) is 75.9 cm³/mol. The normalized spacial score (nSPS) is 23.2. The van der Waals surface area contributed by atoms with Crippen LogP contribution in [0.3, 0.4) is 0 Å². The summed E-state index contributed by atoms with van der Waals surface area (Å²) in [6.07, 6.45) is 9.21. The van der Waals surface area contributed by atoms with Crippen LogP contribution in [-0.4, -0.2) is 32.6 Å². The summed E-state index contributed by atoms with van der Waals surface area (Å²) in [6, 6.07) is 0.649. The summed E-state index contributed by atoms with van der Waals surface area (Å²) in [4.78, 5) is 2.58. The Morgan fingerprint density at radius 2 is 2.33 bits per heavy atom. The summed E-state index contributed by atoms with van der Waals surface area (Å²) in [5, 5.41) is 4.62. The predicted octanol–water partition coefficient (Wildman–Crippen LogP) is 3.27. The minimum Gasteiger partial charge on any atom is -0.296 e. The van der Waals surface area contributed by atoms with Crippen LogP contribution in [0.2, 0.25) is 0 Å². The fourth-order valence-electron chi connectivity index (χ4n) is 2.81. The molecule has 2 unspecified atom stereocenters. The van der Waals surface area contributed by atoms with Crippen molar-refractivity contribution in [3.63, 3.8) is 0 Å². The Balaban J connectivity index is 1.96. The van der Waals surface area contributed by atoms with Crippen LogP contribution in [0.4, 0.5) is 0 Å². The first-order valence-corrected chi connectivity index (χ1v) is 7.52. The molecule has 0 N–H and O–H groups in total. The summed E-state index contributed by atoms with van der Waals surface area (Å²) >= 11 is 6.16. The van der Waals surface area contributed by atoms with Gasteiger partial charge in [0.25, 0.3) is 0 Å². The minimum atomic E-state index is 0.272. The Labute approximate surface area is 115 Å². The first kappa shape index (κ1) is 13.9. The maximum Gasteiger partial charge on any atom is 0.0534 e. The van der Waals surface area contributed by atoms with E-state index in [2.05, 4.69) is 30.0 Å². The molecular formula is C14H24ClN3. The zero-order chi connectivity index (χ0) is 13.0. The largest absolute Gasteiger partial charge is 0.296 e. The van der Waals surface area contributed by atoms with E-state index in [9.17, 15) is 0 Å². The molecule has 2 heterocycles. The molecule has 18 heavy (non-hydrogen) atoms. The molecule has 2 atom stereocenters. The van der Waals surface area contributed by atoms with Crippen molar-refractivity contribution < 1.29 is 0 Å². The third-order valence-corrected chi connectivity index (χ3v) is 3.92. The van der Waals surface area contributed by atoms with Crippen LogP contribution in [0, 0.1) is 0 Å². The highest BCUT2D eigenvalue weighted by Crippen LogP contribution is 2.24. The maximum absolute atomic E-state index is 6.16. The minimum absolute atomic E-state index is 0.272. The number of aryl methyl sites for hydroxylation is 1. The fourth-order valence-corrected chi connectivity index (χ4v) is 3.01. The lowest BCUT2D eigenvalue weighted by atomic mass is 9.97. The number of rotatable bonds is 5. The molecule has 1 aromatic heterocycles. The van der Waals surface area contributed by atoms with E-state index in [1.807, 2.05) is 10.9 Å². The van der Waals surface area contributed by atoms with E-state index in [-0.39, 0.29) is 5.38 Å². The van der Waals surface area contributed by atoms with Crippen LogP contribution in [-0.2, 0) is 13.1 Å². The average Bonchev–Trinajstić information content (AvgIpc) is 2.79. The van der Waals surface area contributed by atoms with Crippen molar-refractivity contribution in [3.05, 3.63) is 18.0 Å². The van der Waals surface area contributed by atoms with Crippen LogP contribution in [0.25, 0.3) is 0 Å². The smallest absolute Gasteiger partial charge is 0.0534 e. The van der Waals surface area contributed by atoms with Gasteiger partial charge in [0.1, 0.15) is 0 Å². The van der Waals surface area contributed by atoms with E-state index >= 15 is 0 Å². The monoisotopic (exact) mass is 269 g/mol. The second-order valence-corrected chi connectivity index (χ2v) is 6.09. The molecule has 0 bridgehead atoms. The zero-order valence-electron chi connectivity index (χ0n) is 11.5. The molecular weight excluding hydrogens is 246 g/mol. The third kappa shape index (κ3) is 3.72. The van der Waals surface area contributed by atoms with Crippen molar-refractivity contribution in [2.45, 2.75) is 64.0 Å². The highest BCUT2D eigenvalue weighted by atomic mass is 35.5. The zero-order valence-corrected chi connectivity index (χ0v) is 12.2. The lowest BCUT2D eigenvalue weighted by Crippen LogP contribution is -2.40. The van der Waals surface area contributed by atoms with Gasteiger partial charge in [-0.2, -0.15) is 5.10 Å².